The van der Waals surface area contributed by atoms with Crippen LogP contribution in [-0.2, 0) is 10.0 Å². The molecule has 1 aliphatic heterocycles. The molecule has 4 rings (SSSR count). The number of phenols is 1. The van der Waals surface area contributed by atoms with E-state index in [-0.39, 0.29) is 22.0 Å². The predicted molar refractivity (Wildman–Crippen MR) is 104 cm³/mol. The normalized spacial score (nSPS) is 15.2. The van der Waals surface area contributed by atoms with Gasteiger partial charge in [-0.25, -0.2) is 13.4 Å². The van der Waals surface area contributed by atoms with E-state index in [1.165, 1.54) is 22.5 Å². The summed E-state index contributed by atoms with van der Waals surface area (Å²) in [6.45, 7) is 2.88. The molecular weight excluding hydrogens is 380 g/mol. The fourth-order valence-electron chi connectivity index (χ4n) is 3.23. The zero-order valence-electron chi connectivity index (χ0n) is 15.3. The second-order valence-electron chi connectivity index (χ2n) is 6.84. The van der Waals surface area contributed by atoms with Crippen LogP contribution < -0.4 is 5.32 Å². The van der Waals surface area contributed by atoms with Gasteiger partial charge in [0.15, 0.2) is 0 Å². The van der Waals surface area contributed by atoms with Crippen molar-refractivity contribution in [2.75, 3.05) is 18.4 Å². The number of benzene rings is 1. The summed E-state index contributed by atoms with van der Waals surface area (Å²) >= 11 is 0. The lowest BCUT2D eigenvalue weighted by Crippen LogP contribution is -2.28. The summed E-state index contributed by atoms with van der Waals surface area (Å²) in [4.78, 5) is 16.9. The summed E-state index contributed by atoms with van der Waals surface area (Å²) in [6.07, 6.45) is 5.03. The number of aromatic hydroxyl groups is 1. The number of phenolic OH excluding ortho intramolecular Hbond substituents is 1. The number of hydrogen-bond acceptors (Lipinski definition) is 5. The summed E-state index contributed by atoms with van der Waals surface area (Å²) in [5.41, 5.74) is 1.83. The number of rotatable bonds is 4. The second kappa shape index (κ2) is 6.92. The van der Waals surface area contributed by atoms with E-state index in [1.54, 1.807) is 16.8 Å². The summed E-state index contributed by atoms with van der Waals surface area (Å²) in [5.74, 6) is -0.749. The highest BCUT2D eigenvalue weighted by molar-refractivity contribution is 7.89. The number of carbonyl (C=O) groups is 1. The molecule has 1 aromatic carbocycles. The number of pyridine rings is 1. The summed E-state index contributed by atoms with van der Waals surface area (Å²) < 4.78 is 28.6. The van der Waals surface area contributed by atoms with E-state index in [2.05, 4.69) is 10.3 Å². The number of nitrogens with one attached hydrogen (secondary N) is 1. The maximum Gasteiger partial charge on any atom is 0.275 e. The molecule has 1 amide bonds. The van der Waals surface area contributed by atoms with Crippen molar-refractivity contribution in [1.29, 1.82) is 0 Å². The van der Waals surface area contributed by atoms with Crippen LogP contribution in [0.5, 0.6) is 5.75 Å². The first-order valence-corrected chi connectivity index (χ1v) is 10.4. The molecule has 9 heteroatoms. The van der Waals surface area contributed by atoms with Gasteiger partial charge in [0.2, 0.25) is 10.0 Å². The van der Waals surface area contributed by atoms with Crippen molar-refractivity contribution in [2.24, 2.45) is 0 Å². The molecule has 0 radical (unpaired) electrons. The van der Waals surface area contributed by atoms with Gasteiger partial charge < -0.3 is 14.8 Å². The van der Waals surface area contributed by atoms with Gasteiger partial charge >= 0.3 is 0 Å². The topological polar surface area (TPSA) is 104 Å². The number of imidazole rings is 1. The number of sulfonamides is 1. The average molecular weight is 400 g/mol. The highest BCUT2D eigenvalue weighted by Gasteiger charge is 2.28. The zero-order chi connectivity index (χ0) is 19.9. The number of carbonyl (C=O) groups excluding carboxylic acids is 1. The number of nitrogens with zero attached hydrogens (tertiary/aromatic N) is 3. The standard InChI is InChI=1S/C19H20N4O4S/c1-13-6-9-22-12-16(20-18(22)10-13)19(25)21-15-11-14(4-5-17(15)24)28(26,27)23-7-2-3-8-23/h4-6,9-12,24H,2-3,7-8H2,1H3,(H,21,25). The van der Waals surface area contributed by atoms with Gasteiger partial charge in [0, 0.05) is 25.5 Å². The Balaban J connectivity index is 1.62. The van der Waals surface area contributed by atoms with Gasteiger partial charge in [-0.1, -0.05) is 0 Å². The molecule has 0 atom stereocenters. The molecule has 3 heterocycles. The third-order valence-electron chi connectivity index (χ3n) is 4.77. The molecule has 0 bridgehead atoms. The van der Waals surface area contributed by atoms with E-state index >= 15 is 0 Å². The van der Waals surface area contributed by atoms with Crippen LogP contribution in [0.4, 0.5) is 5.69 Å². The van der Waals surface area contributed by atoms with Gasteiger partial charge in [-0.2, -0.15) is 4.31 Å². The van der Waals surface area contributed by atoms with Crippen molar-refractivity contribution < 1.29 is 18.3 Å². The molecule has 3 aromatic rings. The van der Waals surface area contributed by atoms with Gasteiger partial charge in [0.1, 0.15) is 17.1 Å². The molecule has 0 spiro atoms. The monoisotopic (exact) mass is 400 g/mol. The first-order chi connectivity index (χ1) is 13.3. The van der Waals surface area contributed by atoms with E-state index in [0.29, 0.717) is 18.7 Å². The van der Waals surface area contributed by atoms with Crippen LogP contribution >= 0.6 is 0 Å². The maximum absolute atomic E-state index is 12.7. The van der Waals surface area contributed by atoms with Crippen molar-refractivity contribution in [2.45, 2.75) is 24.7 Å². The number of aromatic nitrogens is 2. The van der Waals surface area contributed by atoms with Crippen molar-refractivity contribution in [1.82, 2.24) is 13.7 Å². The van der Waals surface area contributed by atoms with Gasteiger partial charge in [-0.15, -0.1) is 0 Å². The molecule has 0 saturated carbocycles. The van der Waals surface area contributed by atoms with Crippen LogP contribution in [0.15, 0.2) is 47.6 Å². The molecule has 2 N–H and O–H groups in total. The predicted octanol–water partition coefficient (Wildman–Crippen LogP) is 2.39. The number of hydrogen-bond donors (Lipinski definition) is 2. The smallest absolute Gasteiger partial charge is 0.275 e. The molecule has 1 aliphatic rings. The fraction of sp³-hybridized carbons (Fsp3) is 0.263. The maximum atomic E-state index is 12.7. The number of amides is 1. The Kier molecular flexibility index (Phi) is 4.56. The third kappa shape index (κ3) is 3.34. The Labute approximate surface area is 162 Å². The number of aryl methyl sites for hydroxylation is 1. The third-order valence-corrected chi connectivity index (χ3v) is 6.66. The Hall–Kier alpha value is -2.91. The number of fused-ring (bicyclic) bond motifs is 1. The molecule has 0 aliphatic carbocycles. The zero-order valence-corrected chi connectivity index (χ0v) is 16.1. The van der Waals surface area contributed by atoms with Crippen LogP contribution in [0.3, 0.4) is 0 Å². The molecule has 1 saturated heterocycles. The molecule has 8 nitrogen and oxygen atoms in total. The first-order valence-electron chi connectivity index (χ1n) is 8.94. The van der Waals surface area contributed by atoms with Crippen LogP contribution in [0, 0.1) is 6.92 Å². The van der Waals surface area contributed by atoms with Crippen molar-refractivity contribution in [3.05, 3.63) is 54.0 Å². The van der Waals surface area contributed by atoms with E-state index in [1.807, 2.05) is 19.1 Å². The van der Waals surface area contributed by atoms with Crippen LogP contribution in [0.25, 0.3) is 5.65 Å². The average Bonchev–Trinajstić information content (AvgIpc) is 3.32. The van der Waals surface area contributed by atoms with Crippen LogP contribution in [0.2, 0.25) is 0 Å². The van der Waals surface area contributed by atoms with Gasteiger partial charge in [0.25, 0.3) is 5.91 Å². The van der Waals surface area contributed by atoms with Gasteiger partial charge in [-0.3, -0.25) is 4.79 Å². The van der Waals surface area contributed by atoms with E-state index in [0.717, 1.165) is 18.4 Å². The highest BCUT2D eigenvalue weighted by Crippen LogP contribution is 2.29. The van der Waals surface area contributed by atoms with Crippen LogP contribution in [0.1, 0.15) is 28.9 Å². The van der Waals surface area contributed by atoms with Crippen molar-refractivity contribution >= 4 is 27.3 Å². The van der Waals surface area contributed by atoms with Crippen molar-refractivity contribution in [3.8, 4) is 5.75 Å². The van der Waals surface area contributed by atoms with Crippen molar-refractivity contribution in [3.63, 3.8) is 0 Å². The fourth-order valence-corrected chi connectivity index (χ4v) is 4.78. The largest absolute Gasteiger partial charge is 0.506 e. The Morgan fingerprint density at radius 2 is 1.93 bits per heavy atom. The molecule has 146 valence electrons. The molecular formula is C19H20N4O4S. The van der Waals surface area contributed by atoms with Gasteiger partial charge in [0.05, 0.1) is 10.6 Å². The lowest BCUT2D eigenvalue weighted by atomic mass is 10.3. The van der Waals surface area contributed by atoms with Crippen LogP contribution in [-0.4, -0.2) is 46.2 Å². The molecule has 0 unspecified atom stereocenters. The van der Waals surface area contributed by atoms with Gasteiger partial charge in [-0.05, 0) is 55.7 Å². The number of anilines is 1. The van der Waals surface area contributed by atoms with E-state index in [9.17, 15) is 18.3 Å². The van der Waals surface area contributed by atoms with E-state index in [4.69, 9.17) is 0 Å². The summed E-state index contributed by atoms with van der Waals surface area (Å²) in [7, 11) is -3.65. The lowest BCUT2D eigenvalue weighted by molar-refractivity contribution is 0.102. The summed E-state index contributed by atoms with van der Waals surface area (Å²) in [5, 5.41) is 12.6. The Morgan fingerprint density at radius 3 is 2.68 bits per heavy atom. The molecule has 1 fully saturated rings. The van der Waals surface area contributed by atoms with E-state index < -0.39 is 15.9 Å². The SMILES string of the molecule is Cc1ccn2cc(C(=O)Nc3cc(S(=O)(=O)N4CCCC4)ccc3O)nc2c1. The summed E-state index contributed by atoms with van der Waals surface area (Å²) in [6, 6.07) is 7.63. The Morgan fingerprint density at radius 1 is 1.18 bits per heavy atom. The highest BCUT2D eigenvalue weighted by atomic mass is 32.2. The first kappa shape index (κ1) is 18.5. The molecule has 2 aromatic heterocycles. The quantitative estimate of drug-likeness (QED) is 0.655. The minimum absolute atomic E-state index is 0.0264. The molecule has 28 heavy (non-hydrogen) atoms. The minimum atomic E-state index is -3.65. The lowest BCUT2D eigenvalue weighted by Gasteiger charge is -2.16. The minimum Gasteiger partial charge on any atom is -0.506 e. The Bertz CT molecular complexity index is 1160. The second-order valence-corrected chi connectivity index (χ2v) is 8.78.